The number of fused-ring (bicyclic) bond motifs is 1. The highest BCUT2D eigenvalue weighted by Gasteiger charge is 2.29. The molecule has 0 bridgehead atoms. The molecule has 2 aromatic rings. The number of likely N-dealkylation sites (tertiary alicyclic amines) is 1. The second kappa shape index (κ2) is 10.2. The summed E-state index contributed by atoms with van der Waals surface area (Å²) in [7, 11) is 0. The third-order valence-corrected chi connectivity index (χ3v) is 7.22. The number of carbonyl (C=O) groups excluding carboxylic acids is 2. The van der Waals surface area contributed by atoms with E-state index in [-0.39, 0.29) is 18.0 Å². The fraction of sp³-hybridized carbons (Fsp3) is 0.500. The maximum Gasteiger partial charge on any atom is 0.410 e. The summed E-state index contributed by atoms with van der Waals surface area (Å²) < 4.78 is 20.8. The molecule has 0 atom stereocenters. The molecule has 8 nitrogen and oxygen atoms in total. The molecule has 0 unspecified atom stereocenters. The molecule has 4 heterocycles. The van der Waals surface area contributed by atoms with E-state index in [9.17, 15) is 18.8 Å². The number of amides is 2. The average Bonchev–Trinajstić information content (AvgIpc) is 3.27. The van der Waals surface area contributed by atoms with Gasteiger partial charge in [0.25, 0.3) is 5.56 Å². The van der Waals surface area contributed by atoms with Crippen molar-refractivity contribution in [2.75, 3.05) is 45.9 Å². The molecule has 0 spiro atoms. The van der Waals surface area contributed by atoms with E-state index in [1.54, 1.807) is 17.0 Å². The minimum absolute atomic E-state index is 0.0144. The predicted octanol–water partition coefficient (Wildman–Crippen LogP) is 2.48. The number of ether oxygens (including phenoxy) is 1. The van der Waals surface area contributed by atoms with Crippen LogP contribution in [0.4, 0.5) is 9.18 Å². The minimum atomic E-state index is -0.462. The number of nitrogens with zero attached hydrogens (tertiary/aromatic N) is 4. The summed E-state index contributed by atoms with van der Waals surface area (Å²) in [6, 6.07) is 7.90. The maximum absolute atomic E-state index is 14.0. The molecule has 5 rings (SSSR count). The van der Waals surface area contributed by atoms with Gasteiger partial charge in [-0.25, -0.2) is 9.18 Å². The van der Waals surface area contributed by atoms with Gasteiger partial charge in [0, 0.05) is 43.9 Å². The van der Waals surface area contributed by atoms with E-state index in [1.807, 2.05) is 10.6 Å². The molecule has 0 saturated carbocycles. The Morgan fingerprint density at radius 2 is 1.83 bits per heavy atom. The molecule has 186 valence electrons. The Labute approximate surface area is 203 Å². The number of pyridine rings is 1. The van der Waals surface area contributed by atoms with Crippen molar-refractivity contribution in [3.8, 4) is 11.1 Å². The summed E-state index contributed by atoms with van der Waals surface area (Å²) in [6.07, 6.45) is 3.70. The molecular formula is C26H31FN4O4. The number of halogens is 1. The number of cyclic esters (lactones) is 1. The van der Waals surface area contributed by atoms with Crippen molar-refractivity contribution < 1.29 is 18.7 Å². The van der Waals surface area contributed by atoms with Crippen molar-refractivity contribution in [3.63, 3.8) is 0 Å². The van der Waals surface area contributed by atoms with E-state index in [4.69, 9.17) is 4.74 Å². The number of hydrogen-bond donors (Lipinski definition) is 0. The second-order valence-electron chi connectivity index (χ2n) is 9.50. The topological polar surface area (TPSA) is 75.1 Å². The van der Waals surface area contributed by atoms with E-state index in [1.165, 1.54) is 36.3 Å². The Bertz CT molecular complexity index is 1170. The third-order valence-electron chi connectivity index (χ3n) is 7.22. The Morgan fingerprint density at radius 3 is 2.57 bits per heavy atom. The molecule has 1 aromatic carbocycles. The van der Waals surface area contributed by atoms with Crippen LogP contribution in [0.3, 0.4) is 0 Å². The molecule has 2 amide bonds. The predicted molar refractivity (Wildman–Crippen MR) is 128 cm³/mol. The highest BCUT2D eigenvalue weighted by atomic mass is 19.1. The van der Waals surface area contributed by atoms with Gasteiger partial charge < -0.3 is 19.1 Å². The summed E-state index contributed by atoms with van der Waals surface area (Å²) in [5, 5.41) is 0. The average molecular weight is 483 g/mol. The lowest BCUT2D eigenvalue weighted by molar-refractivity contribution is -0.132. The zero-order chi connectivity index (χ0) is 24.4. The first-order valence-electron chi connectivity index (χ1n) is 12.4. The first kappa shape index (κ1) is 23.5. The Morgan fingerprint density at radius 1 is 1.00 bits per heavy atom. The van der Waals surface area contributed by atoms with Gasteiger partial charge in [0.15, 0.2) is 0 Å². The zero-order valence-electron chi connectivity index (χ0n) is 19.9. The third kappa shape index (κ3) is 5.10. The van der Waals surface area contributed by atoms with Crippen LogP contribution in [0.25, 0.3) is 11.1 Å². The normalized spacial score (nSPS) is 18.5. The highest BCUT2D eigenvalue weighted by molar-refractivity contribution is 5.83. The summed E-state index contributed by atoms with van der Waals surface area (Å²) in [5.41, 5.74) is 2.70. The van der Waals surface area contributed by atoms with Crippen LogP contribution >= 0.6 is 0 Å². The summed E-state index contributed by atoms with van der Waals surface area (Å²) >= 11 is 0. The van der Waals surface area contributed by atoms with Gasteiger partial charge in [-0.3, -0.25) is 14.5 Å². The van der Waals surface area contributed by atoms with Gasteiger partial charge in [-0.15, -0.1) is 0 Å². The molecule has 0 aliphatic carbocycles. The lowest BCUT2D eigenvalue weighted by Crippen LogP contribution is -2.45. The minimum Gasteiger partial charge on any atom is -0.448 e. The van der Waals surface area contributed by atoms with E-state index in [0.717, 1.165) is 30.9 Å². The number of benzene rings is 1. The molecule has 3 aliphatic heterocycles. The monoisotopic (exact) mass is 482 g/mol. The maximum atomic E-state index is 14.0. The van der Waals surface area contributed by atoms with Crippen molar-refractivity contribution in [1.29, 1.82) is 0 Å². The van der Waals surface area contributed by atoms with Gasteiger partial charge >= 0.3 is 6.09 Å². The molecule has 2 saturated heterocycles. The fourth-order valence-electron chi connectivity index (χ4n) is 5.29. The van der Waals surface area contributed by atoms with Crippen LogP contribution in [0.2, 0.25) is 0 Å². The standard InChI is InChI=1S/C26H31FN4O4/c27-21-6-4-5-19(15-21)22-16-20-17-29(24(32)18-30-13-14-35-26(30)34)10-7-23(20)31(25(22)33)12-11-28-8-2-1-3-9-28/h4-6,15-16H,1-3,7-14,17-18H2. The SMILES string of the molecule is O=C(CN1CCOC1=O)N1CCc2c(cc(-c3cccc(F)c3)c(=O)n2CCN2CCCCC2)C1. The van der Waals surface area contributed by atoms with Gasteiger partial charge in [0.05, 0.1) is 6.54 Å². The van der Waals surface area contributed by atoms with Crippen LogP contribution in [0, 0.1) is 5.82 Å². The largest absolute Gasteiger partial charge is 0.448 e. The van der Waals surface area contributed by atoms with Crippen molar-refractivity contribution in [3.05, 3.63) is 57.8 Å². The Hall–Kier alpha value is -3.20. The highest BCUT2D eigenvalue weighted by Crippen LogP contribution is 2.25. The molecule has 0 radical (unpaired) electrons. The Kier molecular flexibility index (Phi) is 6.86. The molecular weight excluding hydrogens is 451 g/mol. The molecule has 9 heteroatoms. The summed E-state index contributed by atoms with van der Waals surface area (Å²) in [5.74, 6) is -0.540. The number of carbonyl (C=O) groups is 2. The van der Waals surface area contributed by atoms with Crippen LogP contribution in [0.1, 0.15) is 30.5 Å². The van der Waals surface area contributed by atoms with Crippen LogP contribution in [-0.2, 0) is 29.0 Å². The van der Waals surface area contributed by atoms with Gasteiger partial charge in [-0.05, 0) is 55.3 Å². The van der Waals surface area contributed by atoms with E-state index in [0.29, 0.717) is 50.3 Å². The van der Waals surface area contributed by atoms with Gasteiger partial charge in [-0.2, -0.15) is 0 Å². The summed E-state index contributed by atoms with van der Waals surface area (Å²) in [4.78, 5) is 43.8. The van der Waals surface area contributed by atoms with E-state index in [2.05, 4.69) is 4.90 Å². The van der Waals surface area contributed by atoms with Gasteiger partial charge in [-0.1, -0.05) is 18.6 Å². The molecule has 1 aromatic heterocycles. The van der Waals surface area contributed by atoms with Crippen LogP contribution < -0.4 is 5.56 Å². The van der Waals surface area contributed by atoms with Crippen molar-refractivity contribution in [2.45, 2.75) is 38.8 Å². The molecule has 35 heavy (non-hydrogen) atoms. The number of hydrogen-bond acceptors (Lipinski definition) is 5. The first-order valence-corrected chi connectivity index (χ1v) is 12.4. The second-order valence-corrected chi connectivity index (χ2v) is 9.50. The molecule has 2 fully saturated rings. The Balaban J connectivity index is 1.44. The van der Waals surface area contributed by atoms with Crippen LogP contribution in [-0.4, -0.2) is 77.1 Å². The van der Waals surface area contributed by atoms with E-state index >= 15 is 0 Å². The van der Waals surface area contributed by atoms with Crippen LogP contribution in [0.5, 0.6) is 0 Å². The van der Waals surface area contributed by atoms with Crippen molar-refractivity contribution in [1.82, 2.24) is 19.3 Å². The first-order chi connectivity index (χ1) is 17.0. The smallest absolute Gasteiger partial charge is 0.410 e. The zero-order valence-corrected chi connectivity index (χ0v) is 19.9. The van der Waals surface area contributed by atoms with Gasteiger partial charge in [0.1, 0.15) is 19.0 Å². The van der Waals surface area contributed by atoms with Crippen molar-refractivity contribution >= 4 is 12.0 Å². The lowest BCUT2D eigenvalue weighted by Gasteiger charge is -2.33. The molecule has 0 N–H and O–H groups in total. The quantitative estimate of drug-likeness (QED) is 0.633. The van der Waals surface area contributed by atoms with E-state index < -0.39 is 11.9 Å². The number of rotatable bonds is 6. The molecule has 3 aliphatic rings. The number of aromatic nitrogens is 1. The summed E-state index contributed by atoms with van der Waals surface area (Å²) in [6.45, 7) is 4.98. The van der Waals surface area contributed by atoms with Gasteiger partial charge in [0.2, 0.25) is 5.91 Å². The van der Waals surface area contributed by atoms with Crippen molar-refractivity contribution in [2.24, 2.45) is 0 Å². The fourth-order valence-corrected chi connectivity index (χ4v) is 5.29. The lowest BCUT2D eigenvalue weighted by atomic mass is 9.98. The van der Waals surface area contributed by atoms with Crippen LogP contribution in [0.15, 0.2) is 35.1 Å². The number of piperidine rings is 1.